The Morgan fingerprint density at radius 2 is 2.00 bits per heavy atom. The second kappa shape index (κ2) is 6.08. The van der Waals surface area contributed by atoms with Crippen LogP contribution in [0.25, 0.3) is 0 Å². The summed E-state index contributed by atoms with van der Waals surface area (Å²) in [4.78, 5) is 23.9. The Morgan fingerprint density at radius 3 is 2.68 bits per heavy atom. The van der Waals surface area contributed by atoms with Crippen molar-refractivity contribution in [1.82, 2.24) is 5.32 Å². The molecule has 0 radical (unpaired) electrons. The quantitative estimate of drug-likeness (QED) is 0.878. The van der Waals surface area contributed by atoms with E-state index in [-0.39, 0.29) is 0 Å². The first-order valence-electron chi connectivity index (χ1n) is 7.14. The number of carboxylic acid groups (broad SMARTS) is 1. The Morgan fingerprint density at radius 1 is 1.23 bits per heavy atom. The molecule has 2 aliphatic rings. The number of aliphatic carboxylic acids is 1. The molecule has 1 amide bonds. The van der Waals surface area contributed by atoms with Gasteiger partial charge in [-0.2, -0.15) is 11.8 Å². The van der Waals surface area contributed by atoms with Crippen LogP contribution in [-0.4, -0.2) is 47.2 Å². The van der Waals surface area contributed by atoms with Gasteiger partial charge in [0.2, 0.25) is 0 Å². The van der Waals surface area contributed by atoms with Gasteiger partial charge in [-0.3, -0.25) is 4.79 Å². The van der Waals surface area contributed by atoms with Gasteiger partial charge in [0.05, 0.1) is 13.2 Å². The molecule has 2 heterocycles. The van der Waals surface area contributed by atoms with E-state index in [2.05, 4.69) is 5.32 Å². The number of amides is 1. The predicted octanol–water partition coefficient (Wildman–Crippen LogP) is 1.54. The minimum atomic E-state index is -1.17. The van der Waals surface area contributed by atoms with E-state index >= 15 is 0 Å². The fourth-order valence-electron chi connectivity index (χ4n) is 2.48. The minimum absolute atomic E-state index is 0.377. The summed E-state index contributed by atoms with van der Waals surface area (Å²) in [7, 11) is 0. The van der Waals surface area contributed by atoms with Crippen LogP contribution in [-0.2, 0) is 4.79 Å². The molecule has 1 aromatic rings. The van der Waals surface area contributed by atoms with Gasteiger partial charge in [-0.05, 0) is 30.4 Å². The molecule has 3 rings (SSSR count). The molecule has 1 fully saturated rings. The maximum Gasteiger partial charge on any atom is 0.330 e. The van der Waals surface area contributed by atoms with Gasteiger partial charge in [0.25, 0.3) is 5.91 Å². The van der Waals surface area contributed by atoms with E-state index in [1.54, 1.807) is 18.2 Å². The summed E-state index contributed by atoms with van der Waals surface area (Å²) in [6, 6.07) is 4.92. The number of ether oxygens (including phenoxy) is 2. The predicted molar refractivity (Wildman–Crippen MR) is 81.8 cm³/mol. The topological polar surface area (TPSA) is 84.9 Å². The number of hydrogen-bond acceptors (Lipinski definition) is 5. The highest BCUT2D eigenvalue weighted by Crippen LogP contribution is 2.32. The Labute approximate surface area is 132 Å². The van der Waals surface area contributed by atoms with Crippen LogP contribution >= 0.6 is 11.8 Å². The van der Waals surface area contributed by atoms with E-state index in [1.165, 1.54) is 11.8 Å². The standard InChI is InChI=1S/C15H17NO5S/c17-13(16-15(14(18)19)4-7-22-9-15)10-2-3-11-12(8-10)21-6-1-5-20-11/h2-3,8H,1,4-7,9H2,(H,16,17)(H,18,19)/t15-/m1/s1. The van der Waals surface area contributed by atoms with E-state index < -0.39 is 17.4 Å². The molecule has 1 atom stereocenters. The molecule has 1 aromatic carbocycles. The average Bonchev–Trinajstić information content (AvgIpc) is 2.85. The summed E-state index contributed by atoms with van der Waals surface area (Å²) < 4.78 is 11.1. The zero-order valence-corrected chi connectivity index (χ0v) is 12.8. The molecule has 0 aliphatic carbocycles. The summed E-state index contributed by atoms with van der Waals surface area (Å²) in [5, 5.41) is 12.1. The third-order valence-electron chi connectivity index (χ3n) is 3.79. The van der Waals surface area contributed by atoms with E-state index in [1.807, 2.05) is 0 Å². The van der Waals surface area contributed by atoms with Crippen LogP contribution in [0.1, 0.15) is 23.2 Å². The maximum atomic E-state index is 12.4. The van der Waals surface area contributed by atoms with Crippen molar-refractivity contribution in [3.8, 4) is 11.5 Å². The molecule has 0 spiro atoms. The molecular weight excluding hydrogens is 306 g/mol. The number of carboxylic acids is 1. The zero-order chi connectivity index (χ0) is 15.6. The lowest BCUT2D eigenvalue weighted by Gasteiger charge is -2.24. The van der Waals surface area contributed by atoms with Gasteiger partial charge in [0.15, 0.2) is 11.5 Å². The lowest BCUT2D eigenvalue weighted by molar-refractivity contribution is -0.143. The van der Waals surface area contributed by atoms with Gasteiger partial charge in [0, 0.05) is 17.7 Å². The van der Waals surface area contributed by atoms with Crippen molar-refractivity contribution in [2.24, 2.45) is 0 Å². The van der Waals surface area contributed by atoms with Crippen molar-refractivity contribution in [2.75, 3.05) is 24.7 Å². The van der Waals surface area contributed by atoms with Crippen LogP contribution in [0, 0.1) is 0 Å². The molecule has 0 bridgehead atoms. The first kappa shape index (κ1) is 15.0. The normalized spacial score (nSPS) is 23.6. The number of benzene rings is 1. The van der Waals surface area contributed by atoms with Crippen LogP contribution in [0.4, 0.5) is 0 Å². The number of hydrogen-bond donors (Lipinski definition) is 2. The van der Waals surface area contributed by atoms with Crippen molar-refractivity contribution in [3.05, 3.63) is 23.8 Å². The third-order valence-corrected chi connectivity index (χ3v) is 4.98. The number of thioether (sulfide) groups is 1. The second-order valence-corrected chi connectivity index (χ2v) is 6.46. The molecule has 0 saturated carbocycles. The van der Waals surface area contributed by atoms with Gasteiger partial charge in [-0.1, -0.05) is 0 Å². The Bertz CT molecular complexity index is 598. The van der Waals surface area contributed by atoms with Crippen molar-refractivity contribution in [2.45, 2.75) is 18.4 Å². The number of carbonyl (C=O) groups is 2. The first-order chi connectivity index (χ1) is 10.6. The molecule has 2 aliphatic heterocycles. The lowest BCUT2D eigenvalue weighted by atomic mass is 9.98. The molecule has 0 aromatic heterocycles. The van der Waals surface area contributed by atoms with E-state index in [0.717, 1.165) is 12.2 Å². The van der Waals surface area contributed by atoms with Crippen molar-refractivity contribution in [3.63, 3.8) is 0 Å². The van der Waals surface area contributed by atoms with E-state index in [0.29, 0.717) is 42.4 Å². The fraction of sp³-hybridized carbons (Fsp3) is 0.467. The van der Waals surface area contributed by atoms with Gasteiger partial charge in [-0.15, -0.1) is 0 Å². The molecule has 7 heteroatoms. The third kappa shape index (κ3) is 2.85. The molecule has 6 nitrogen and oxygen atoms in total. The molecule has 118 valence electrons. The van der Waals surface area contributed by atoms with Crippen molar-refractivity contribution in [1.29, 1.82) is 0 Å². The second-order valence-electron chi connectivity index (χ2n) is 5.36. The van der Waals surface area contributed by atoms with Gasteiger partial charge < -0.3 is 19.9 Å². The zero-order valence-electron chi connectivity index (χ0n) is 12.0. The summed E-state index contributed by atoms with van der Waals surface area (Å²) in [6.07, 6.45) is 1.22. The van der Waals surface area contributed by atoms with E-state index in [9.17, 15) is 14.7 Å². The molecule has 1 saturated heterocycles. The monoisotopic (exact) mass is 323 g/mol. The molecular formula is C15H17NO5S. The largest absolute Gasteiger partial charge is 0.490 e. The lowest BCUT2D eigenvalue weighted by Crippen LogP contribution is -2.54. The number of rotatable bonds is 3. The SMILES string of the molecule is O=C(N[C@]1(C(=O)O)CCSC1)c1ccc2c(c1)OCCCO2. The van der Waals surface area contributed by atoms with Crippen LogP contribution in [0.3, 0.4) is 0 Å². The maximum absolute atomic E-state index is 12.4. The number of carbonyl (C=O) groups excluding carboxylic acids is 1. The Kier molecular flexibility index (Phi) is 4.15. The highest BCUT2D eigenvalue weighted by molar-refractivity contribution is 7.99. The summed E-state index contributed by atoms with van der Waals surface area (Å²) in [6.45, 7) is 1.12. The minimum Gasteiger partial charge on any atom is -0.490 e. The Hall–Kier alpha value is -1.89. The Balaban J connectivity index is 1.80. The van der Waals surface area contributed by atoms with Crippen LogP contribution < -0.4 is 14.8 Å². The summed E-state index contributed by atoms with van der Waals surface area (Å²) >= 11 is 1.53. The van der Waals surface area contributed by atoms with Crippen molar-refractivity contribution >= 4 is 23.6 Å². The average molecular weight is 323 g/mol. The highest BCUT2D eigenvalue weighted by Gasteiger charge is 2.43. The highest BCUT2D eigenvalue weighted by atomic mass is 32.2. The van der Waals surface area contributed by atoms with Crippen LogP contribution in [0.5, 0.6) is 11.5 Å². The van der Waals surface area contributed by atoms with Crippen LogP contribution in [0.2, 0.25) is 0 Å². The molecule has 22 heavy (non-hydrogen) atoms. The summed E-state index contributed by atoms with van der Waals surface area (Å²) in [5.41, 5.74) is -0.798. The first-order valence-corrected chi connectivity index (χ1v) is 8.29. The molecule has 0 unspecified atom stereocenters. The number of fused-ring (bicyclic) bond motifs is 1. The van der Waals surface area contributed by atoms with Gasteiger partial charge in [0.1, 0.15) is 5.54 Å². The van der Waals surface area contributed by atoms with Gasteiger partial charge >= 0.3 is 5.97 Å². The smallest absolute Gasteiger partial charge is 0.330 e. The van der Waals surface area contributed by atoms with Crippen LogP contribution in [0.15, 0.2) is 18.2 Å². The van der Waals surface area contributed by atoms with Crippen molar-refractivity contribution < 1.29 is 24.2 Å². The van der Waals surface area contributed by atoms with Gasteiger partial charge in [-0.25, -0.2) is 4.79 Å². The molecule has 2 N–H and O–H groups in total. The fourth-order valence-corrected chi connectivity index (χ4v) is 3.81. The van der Waals surface area contributed by atoms with E-state index in [4.69, 9.17) is 9.47 Å². The summed E-state index contributed by atoms with van der Waals surface area (Å²) in [5.74, 6) is 0.862. The number of nitrogens with one attached hydrogen (secondary N) is 1.